The fourth-order valence-corrected chi connectivity index (χ4v) is 3.88. The van der Waals surface area contributed by atoms with Crippen molar-refractivity contribution in [1.82, 2.24) is 0 Å². The smallest absolute Gasteiger partial charge is 0.240 e. The van der Waals surface area contributed by atoms with E-state index in [1.165, 1.54) is 0 Å². The van der Waals surface area contributed by atoms with Gasteiger partial charge in [0.1, 0.15) is 5.92 Å². The number of fused-ring (bicyclic) bond motifs is 1. The summed E-state index contributed by atoms with van der Waals surface area (Å²) in [6.07, 6.45) is -0.564. The lowest BCUT2D eigenvalue weighted by Gasteiger charge is -2.36. The molecule has 27 heavy (non-hydrogen) atoms. The maximum absolute atomic E-state index is 13.3. The fourth-order valence-electron chi connectivity index (χ4n) is 3.56. The van der Waals surface area contributed by atoms with Gasteiger partial charge in [0.2, 0.25) is 5.91 Å². The molecule has 0 spiro atoms. The molecular formula is C21H21Cl2NO3. The molecule has 0 saturated carbocycles. The minimum absolute atomic E-state index is 0.0213. The Hall–Kier alpha value is -1.59. The number of hydrogen-bond donors (Lipinski definition) is 0. The molecule has 1 unspecified atom stereocenters. The van der Waals surface area contributed by atoms with Gasteiger partial charge in [-0.05, 0) is 29.3 Å². The van der Waals surface area contributed by atoms with Crippen LogP contribution in [0.1, 0.15) is 30.9 Å². The van der Waals surface area contributed by atoms with Crippen LogP contribution in [0.3, 0.4) is 0 Å². The molecule has 6 heteroatoms. The largest absolute Gasteiger partial charge is 0.351 e. The quantitative estimate of drug-likeness (QED) is 0.718. The van der Waals surface area contributed by atoms with E-state index >= 15 is 0 Å². The summed E-state index contributed by atoms with van der Waals surface area (Å²) in [6, 6.07) is 13.2. The third-order valence-electron chi connectivity index (χ3n) is 4.97. The lowest BCUT2D eigenvalue weighted by molar-refractivity contribution is -0.229. The zero-order chi connectivity index (χ0) is 19.2. The normalized spacial score (nSPS) is 22.1. The number of para-hydroxylation sites is 1. The number of halogens is 2. The zero-order valence-corrected chi connectivity index (χ0v) is 16.8. The van der Waals surface area contributed by atoms with Crippen LogP contribution < -0.4 is 4.90 Å². The molecule has 0 N–H and O–H groups in total. The number of anilines is 1. The summed E-state index contributed by atoms with van der Waals surface area (Å²) in [6.45, 7) is 5.72. The zero-order valence-electron chi connectivity index (χ0n) is 15.2. The van der Waals surface area contributed by atoms with Gasteiger partial charge in [0.05, 0.1) is 29.8 Å². The van der Waals surface area contributed by atoms with Crippen LogP contribution in [0.15, 0.2) is 42.5 Å². The van der Waals surface area contributed by atoms with Crippen molar-refractivity contribution in [2.45, 2.75) is 32.6 Å². The lowest BCUT2D eigenvalue weighted by atomic mass is 9.93. The summed E-state index contributed by atoms with van der Waals surface area (Å²) in [7, 11) is 0. The van der Waals surface area contributed by atoms with Crippen molar-refractivity contribution < 1.29 is 14.3 Å². The molecule has 1 fully saturated rings. The number of rotatable bonds is 3. The van der Waals surface area contributed by atoms with Crippen LogP contribution in [-0.2, 0) is 20.8 Å². The molecular weight excluding hydrogens is 385 g/mol. The predicted molar refractivity (Wildman–Crippen MR) is 106 cm³/mol. The molecule has 4 rings (SSSR count). The average Bonchev–Trinajstić information content (AvgIpc) is 2.91. The first-order valence-electron chi connectivity index (χ1n) is 8.93. The summed E-state index contributed by atoms with van der Waals surface area (Å²) in [4.78, 5) is 15.1. The number of benzene rings is 2. The van der Waals surface area contributed by atoms with Gasteiger partial charge in [0, 0.05) is 11.1 Å². The second-order valence-electron chi connectivity index (χ2n) is 7.86. The Morgan fingerprint density at radius 1 is 1.07 bits per heavy atom. The monoisotopic (exact) mass is 405 g/mol. The van der Waals surface area contributed by atoms with Crippen molar-refractivity contribution in [3.05, 3.63) is 63.6 Å². The summed E-state index contributed by atoms with van der Waals surface area (Å²) in [5, 5.41) is 0.977. The van der Waals surface area contributed by atoms with E-state index in [0.29, 0.717) is 29.8 Å². The number of carbonyl (C=O) groups is 1. The SMILES string of the molecule is CC1(C)COC(C2C(=O)N(Cc3ccc(Cl)c(Cl)c3)c3ccccc32)OC1. The van der Waals surface area contributed by atoms with Crippen LogP contribution in [0, 0.1) is 5.41 Å². The highest BCUT2D eigenvalue weighted by Gasteiger charge is 2.45. The van der Waals surface area contributed by atoms with Crippen molar-refractivity contribution in [2.24, 2.45) is 5.41 Å². The van der Waals surface area contributed by atoms with Gasteiger partial charge in [-0.3, -0.25) is 4.79 Å². The molecule has 2 aliphatic heterocycles. The highest BCUT2D eigenvalue weighted by atomic mass is 35.5. The third-order valence-corrected chi connectivity index (χ3v) is 5.71. The van der Waals surface area contributed by atoms with E-state index in [0.717, 1.165) is 16.8 Å². The molecule has 0 bridgehead atoms. The highest BCUT2D eigenvalue weighted by molar-refractivity contribution is 6.42. The molecule has 2 aromatic rings. The van der Waals surface area contributed by atoms with Crippen LogP contribution in [0.5, 0.6) is 0 Å². The number of nitrogens with zero attached hydrogens (tertiary/aromatic N) is 1. The molecule has 1 atom stereocenters. The molecule has 142 valence electrons. The van der Waals surface area contributed by atoms with Crippen LogP contribution in [-0.4, -0.2) is 25.4 Å². The summed E-state index contributed by atoms with van der Waals surface area (Å²) < 4.78 is 11.9. The summed E-state index contributed by atoms with van der Waals surface area (Å²) in [5.41, 5.74) is 2.69. The number of ether oxygens (including phenoxy) is 2. The van der Waals surface area contributed by atoms with E-state index in [1.807, 2.05) is 30.3 Å². The van der Waals surface area contributed by atoms with Crippen LogP contribution >= 0.6 is 23.2 Å². The Balaban J connectivity index is 1.62. The molecule has 0 radical (unpaired) electrons. The van der Waals surface area contributed by atoms with Gasteiger partial charge < -0.3 is 14.4 Å². The van der Waals surface area contributed by atoms with E-state index in [2.05, 4.69) is 13.8 Å². The van der Waals surface area contributed by atoms with E-state index in [1.54, 1.807) is 17.0 Å². The van der Waals surface area contributed by atoms with E-state index < -0.39 is 12.2 Å². The first kappa shape index (κ1) is 18.8. The summed E-state index contributed by atoms with van der Waals surface area (Å²) in [5.74, 6) is -0.480. The Morgan fingerprint density at radius 3 is 2.48 bits per heavy atom. The maximum atomic E-state index is 13.3. The Kier molecular flexibility index (Phi) is 4.93. The molecule has 0 aliphatic carbocycles. The summed E-state index contributed by atoms with van der Waals surface area (Å²) >= 11 is 12.1. The first-order valence-corrected chi connectivity index (χ1v) is 9.69. The van der Waals surface area contributed by atoms with Crippen LogP contribution in [0.25, 0.3) is 0 Å². The fraction of sp³-hybridized carbons (Fsp3) is 0.381. The van der Waals surface area contributed by atoms with Gasteiger partial charge in [0.25, 0.3) is 0 Å². The van der Waals surface area contributed by atoms with Crippen molar-refractivity contribution in [1.29, 1.82) is 0 Å². The van der Waals surface area contributed by atoms with E-state index in [4.69, 9.17) is 32.7 Å². The second kappa shape index (κ2) is 7.10. The van der Waals surface area contributed by atoms with Crippen molar-refractivity contribution in [3.63, 3.8) is 0 Å². The van der Waals surface area contributed by atoms with Crippen molar-refractivity contribution >= 4 is 34.8 Å². The molecule has 2 heterocycles. The molecule has 1 saturated heterocycles. The van der Waals surface area contributed by atoms with Crippen molar-refractivity contribution in [3.8, 4) is 0 Å². The van der Waals surface area contributed by atoms with E-state index in [9.17, 15) is 4.79 Å². The minimum atomic E-state index is -0.564. The highest BCUT2D eigenvalue weighted by Crippen LogP contribution is 2.43. The molecule has 2 aliphatic rings. The average molecular weight is 406 g/mol. The molecule has 0 aromatic heterocycles. The maximum Gasteiger partial charge on any atom is 0.240 e. The van der Waals surface area contributed by atoms with Gasteiger partial charge in [-0.1, -0.05) is 61.3 Å². The van der Waals surface area contributed by atoms with Crippen LogP contribution in [0.4, 0.5) is 5.69 Å². The minimum Gasteiger partial charge on any atom is -0.351 e. The molecule has 4 nitrogen and oxygen atoms in total. The second-order valence-corrected chi connectivity index (χ2v) is 8.68. The Morgan fingerprint density at radius 2 is 1.78 bits per heavy atom. The van der Waals surface area contributed by atoms with Gasteiger partial charge >= 0.3 is 0 Å². The van der Waals surface area contributed by atoms with Gasteiger partial charge in [-0.2, -0.15) is 0 Å². The third kappa shape index (κ3) is 3.59. The van der Waals surface area contributed by atoms with Gasteiger partial charge in [0.15, 0.2) is 6.29 Å². The lowest BCUT2D eigenvalue weighted by Crippen LogP contribution is -2.43. The number of hydrogen-bond acceptors (Lipinski definition) is 3. The van der Waals surface area contributed by atoms with Crippen LogP contribution in [0.2, 0.25) is 10.0 Å². The standard InChI is InChI=1S/C21H21Cl2NO3/c1-21(2)11-26-20(27-12-21)18-14-5-3-4-6-17(14)24(19(18)25)10-13-7-8-15(22)16(23)9-13/h3-9,18,20H,10-12H2,1-2H3. The number of amides is 1. The van der Waals surface area contributed by atoms with Gasteiger partial charge in [-0.15, -0.1) is 0 Å². The van der Waals surface area contributed by atoms with Crippen molar-refractivity contribution in [2.75, 3.05) is 18.1 Å². The number of carbonyl (C=O) groups excluding carboxylic acids is 1. The predicted octanol–water partition coefficient (Wildman–Crippen LogP) is 5.02. The first-order chi connectivity index (χ1) is 12.9. The Bertz CT molecular complexity index is 873. The molecule has 1 amide bonds. The Labute approximate surface area is 169 Å². The van der Waals surface area contributed by atoms with E-state index in [-0.39, 0.29) is 11.3 Å². The topological polar surface area (TPSA) is 38.8 Å². The van der Waals surface area contributed by atoms with Gasteiger partial charge in [-0.25, -0.2) is 0 Å². The molecule has 2 aromatic carbocycles.